The van der Waals surface area contributed by atoms with Crippen LogP contribution in [0.4, 0.5) is 10.6 Å². The molecular weight excluding hydrogens is 282 g/mol. The molecule has 0 bridgehead atoms. The number of carbonyl (C=O) groups is 1. The van der Waals surface area contributed by atoms with E-state index in [2.05, 4.69) is 20.9 Å². The third-order valence-electron chi connectivity index (χ3n) is 4.40. The van der Waals surface area contributed by atoms with Crippen LogP contribution in [-0.2, 0) is 4.74 Å². The van der Waals surface area contributed by atoms with Crippen LogP contribution >= 0.6 is 0 Å². The maximum Gasteiger partial charge on any atom is 0.409 e. The normalized spacial score (nSPS) is 24.8. The molecule has 0 spiro atoms. The van der Waals surface area contributed by atoms with Crippen molar-refractivity contribution < 1.29 is 9.53 Å². The standard InChI is InChI=1S/C15H23N5O2/c1-2-22-15(21)20-5-3-19(4-6-20)14-9-13(17-10-18-14)11-7-12(16)8-11/h9-12H,2-8,16H2,1H3. The molecule has 2 heterocycles. The van der Waals surface area contributed by atoms with Crippen LogP contribution in [0.15, 0.2) is 12.4 Å². The summed E-state index contributed by atoms with van der Waals surface area (Å²) < 4.78 is 5.04. The van der Waals surface area contributed by atoms with Crippen molar-refractivity contribution in [2.24, 2.45) is 5.73 Å². The van der Waals surface area contributed by atoms with Crippen molar-refractivity contribution in [1.82, 2.24) is 14.9 Å². The summed E-state index contributed by atoms with van der Waals surface area (Å²) in [5, 5.41) is 0. The summed E-state index contributed by atoms with van der Waals surface area (Å²) in [6, 6.07) is 2.38. The highest BCUT2D eigenvalue weighted by Gasteiger charge is 2.29. The van der Waals surface area contributed by atoms with Gasteiger partial charge in [-0.2, -0.15) is 0 Å². The van der Waals surface area contributed by atoms with Crippen molar-refractivity contribution in [2.45, 2.75) is 31.7 Å². The zero-order chi connectivity index (χ0) is 15.5. The molecule has 1 aromatic heterocycles. The molecule has 1 amide bonds. The lowest BCUT2D eigenvalue weighted by Crippen LogP contribution is -2.49. The molecule has 1 aliphatic heterocycles. The van der Waals surface area contributed by atoms with Crippen LogP contribution in [0.25, 0.3) is 0 Å². The fourth-order valence-electron chi connectivity index (χ4n) is 2.99. The molecule has 0 unspecified atom stereocenters. The second kappa shape index (κ2) is 6.48. The Kier molecular flexibility index (Phi) is 4.42. The first-order chi connectivity index (χ1) is 10.7. The first-order valence-electron chi connectivity index (χ1n) is 7.91. The third-order valence-corrected chi connectivity index (χ3v) is 4.40. The Morgan fingerprint density at radius 1 is 1.32 bits per heavy atom. The van der Waals surface area contributed by atoms with Gasteiger partial charge in [-0.05, 0) is 19.8 Å². The number of aromatic nitrogens is 2. The van der Waals surface area contributed by atoms with Gasteiger partial charge in [0.2, 0.25) is 0 Å². The average molecular weight is 305 g/mol. The van der Waals surface area contributed by atoms with Gasteiger partial charge in [0.15, 0.2) is 0 Å². The van der Waals surface area contributed by atoms with Crippen molar-refractivity contribution in [3.8, 4) is 0 Å². The molecule has 7 nitrogen and oxygen atoms in total. The van der Waals surface area contributed by atoms with Crippen molar-refractivity contribution in [2.75, 3.05) is 37.7 Å². The van der Waals surface area contributed by atoms with Gasteiger partial charge in [-0.25, -0.2) is 14.8 Å². The molecular formula is C15H23N5O2. The minimum Gasteiger partial charge on any atom is -0.450 e. The number of amides is 1. The molecule has 120 valence electrons. The fourth-order valence-corrected chi connectivity index (χ4v) is 2.99. The Balaban J connectivity index is 1.59. The highest BCUT2D eigenvalue weighted by Crippen LogP contribution is 2.35. The van der Waals surface area contributed by atoms with Gasteiger partial charge in [0, 0.05) is 49.9 Å². The molecule has 0 aromatic carbocycles. The van der Waals surface area contributed by atoms with Gasteiger partial charge in [0.25, 0.3) is 0 Å². The zero-order valence-electron chi connectivity index (χ0n) is 12.9. The second-order valence-electron chi connectivity index (χ2n) is 5.90. The Bertz CT molecular complexity index is 524. The Morgan fingerprint density at radius 3 is 2.68 bits per heavy atom. The largest absolute Gasteiger partial charge is 0.450 e. The van der Waals surface area contributed by atoms with Gasteiger partial charge in [-0.15, -0.1) is 0 Å². The summed E-state index contributed by atoms with van der Waals surface area (Å²) in [6.07, 6.45) is 3.42. The van der Waals surface area contributed by atoms with Gasteiger partial charge >= 0.3 is 6.09 Å². The fraction of sp³-hybridized carbons (Fsp3) is 0.667. The molecule has 1 saturated heterocycles. The number of ether oxygens (including phenoxy) is 1. The first-order valence-corrected chi connectivity index (χ1v) is 7.91. The Morgan fingerprint density at radius 2 is 2.05 bits per heavy atom. The quantitative estimate of drug-likeness (QED) is 0.895. The molecule has 2 fully saturated rings. The number of hydrogen-bond acceptors (Lipinski definition) is 6. The number of rotatable bonds is 3. The maximum atomic E-state index is 11.7. The second-order valence-corrected chi connectivity index (χ2v) is 5.90. The molecule has 1 saturated carbocycles. The van der Waals surface area contributed by atoms with Crippen LogP contribution in [0.1, 0.15) is 31.4 Å². The van der Waals surface area contributed by atoms with E-state index < -0.39 is 0 Å². The van der Waals surface area contributed by atoms with Gasteiger partial charge in [-0.1, -0.05) is 0 Å². The molecule has 0 radical (unpaired) electrons. The van der Waals surface area contributed by atoms with Crippen molar-refractivity contribution >= 4 is 11.9 Å². The van der Waals surface area contributed by atoms with Crippen LogP contribution < -0.4 is 10.6 Å². The Hall–Kier alpha value is -1.89. The smallest absolute Gasteiger partial charge is 0.409 e. The predicted molar refractivity (Wildman–Crippen MR) is 82.8 cm³/mol. The van der Waals surface area contributed by atoms with Crippen molar-refractivity contribution in [1.29, 1.82) is 0 Å². The van der Waals surface area contributed by atoms with E-state index in [0.29, 0.717) is 31.7 Å². The van der Waals surface area contributed by atoms with Gasteiger partial charge in [-0.3, -0.25) is 0 Å². The van der Waals surface area contributed by atoms with Gasteiger partial charge in [0.05, 0.1) is 6.61 Å². The van der Waals surface area contributed by atoms with E-state index >= 15 is 0 Å². The summed E-state index contributed by atoms with van der Waals surface area (Å²) in [4.78, 5) is 24.4. The molecule has 2 aliphatic rings. The monoisotopic (exact) mass is 305 g/mol. The summed E-state index contributed by atoms with van der Waals surface area (Å²) >= 11 is 0. The minimum absolute atomic E-state index is 0.228. The van der Waals surface area contributed by atoms with E-state index in [4.69, 9.17) is 10.5 Å². The number of carbonyl (C=O) groups excluding carboxylic acids is 1. The average Bonchev–Trinajstić information content (AvgIpc) is 2.52. The van der Waals surface area contributed by atoms with E-state index in [1.54, 1.807) is 11.2 Å². The third kappa shape index (κ3) is 3.14. The van der Waals surface area contributed by atoms with E-state index in [0.717, 1.165) is 37.4 Å². The number of hydrogen-bond donors (Lipinski definition) is 1. The number of piperazine rings is 1. The summed E-state index contributed by atoms with van der Waals surface area (Å²) in [6.45, 7) is 5.08. The van der Waals surface area contributed by atoms with Crippen LogP contribution in [0.2, 0.25) is 0 Å². The molecule has 1 aliphatic carbocycles. The lowest BCUT2D eigenvalue weighted by molar-refractivity contribution is 0.105. The van der Waals surface area contributed by atoms with E-state index in [1.807, 2.05) is 6.92 Å². The summed E-state index contributed by atoms with van der Waals surface area (Å²) in [7, 11) is 0. The van der Waals surface area contributed by atoms with Crippen LogP contribution in [0.5, 0.6) is 0 Å². The summed E-state index contributed by atoms with van der Waals surface area (Å²) in [5.74, 6) is 1.41. The SMILES string of the molecule is CCOC(=O)N1CCN(c2cc(C3CC(N)C3)ncn2)CC1. The molecule has 0 atom stereocenters. The number of anilines is 1. The topological polar surface area (TPSA) is 84.6 Å². The lowest BCUT2D eigenvalue weighted by Gasteiger charge is -2.35. The number of nitrogens with two attached hydrogens (primary N) is 1. The molecule has 22 heavy (non-hydrogen) atoms. The number of nitrogens with zero attached hydrogens (tertiary/aromatic N) is 4. The highest BCUT2D eigenvalue weighted by atomic mass is 16.6. The lowest BCUT2D eigenvalue weighted by atomic mass is 9.78. The van der Waals surface area contributed by atoms with Crippen LogP contribution in [0.3, 0.4) is 0 Å². The van der Waals surface area contributed by atoms with Crippen molar-refractivity contribution in [3.05, 3.63) is 18.1 Å². The van der Waals surface area contributed by atoms with Crippen LogP contribution in [0, 0.1) is 0 Å². The Labute approximate surface area is 130 Å². The van der Waals surface area contributed by atoms with Crippen molar-refractivity contribution in [3.63, 3.8) is 0 Å². The molecule has 1 aromatic rings. The maximum absolute atomic E-state index is 11.7. The molecule has 7 heteroatoms. The van der Waals surface area contributed by atoms with E-state index in [-0.39, 0.29) is 6.09 Å². The van der Waals surface area contributed by atoms with E-state index in [1.165, 1.54) is 0 Å². The molecule has 2 N–H and O–H groups in total. The summed E-state index contributed by atoms with van der Waals surface area (Å²) in [5.41, 5.74) is 6.94. The van der Waals surface area contributed by atoms with Crippen LogP contribution in [-0.4, -0.2) is 59.8 Å². The van der Waals surface area contributed by atoms with E-state index in [9.17, 15) is 4.79 Å². The predicted octanol–water partition coefficient (Wildman–Crippen LogP) is 0.960. The highest BCUT2D eigenvalue weighted by molar-refractivity contribution is 5.68. The molecule has 3 rings (SSSR count). The first kappa shape index (κ1) is 15.0. The zero-order valence-corrected chi connectivity index (χ0v) is 12.9. The minimum atomic E-state index is -0.228. The van der Waals surface area contributed by atoms with Gasteiger partial charge < -0.3 is 20.3 Å². The van der Waals surface area contributed by atoms with Gasteiger partial charge in [0.1, 0.15) is 12.1 Å².